The third kappa shape index (κ3) is 5.73. The molecule has 0 spiro atoms. The van der Waals surface area contributed by atoms with Gasteiger partial charge in [0.2, 0.25) is 0 Å². The summed E-state index contributed by atoms with van der Waals surface area (Å²) in [5.74, 6) is 0.947. The zero-order valence-corrected chi connectivity index (χ0v) is 10.3. The molecule has 90 valence electrons. The lowest BCUT2D eigenvalue weighted by Crippen LogP contribution is -2.31. The van der Waals surface area contributed by atoms with Crippen molar-refractivity contribution >= 4 is 0 Å². The molecule has 3 nitrogen and oxygen atoms in total. The van der Waals surface area contributed by atoms with Crippen LogP contribution >= 0.6 is 0 Å². The van der Waals surface area contributed by atoms with Gasteiger partial charge in [-0.3, -0.25) is 0 Å². The third-order valence-electron chi connectivity index (χ3n) is 2.41. The highest BCUT2D eigenvalue weighted by atomic mass is 16.5. The Bertz CT molecular complexity index is 264. The van der Waals surface area contributed by atoms with E-state index in [4.69, 9.17) is 4.74 Å². The van der Waals surface area contributed by atoms with Crippen molar-refractivity contribution in [1.29, 1.82) is 0 Å². The van der Waals surface area contributed by atoms with Gasteiger partial charge in [0.15, 0.2) is 0 Å². The van der Waals surface area contributed by atoms with Gasteiger partial charge < -0.3 is 15.0 Å². The van der Waals surface area contributed by atoms with E-state index in [2.05, 4.69) is 24.2 Å². The van der Waals surface area contributed by atoms with Gasteiger partial charge >= 0.3 is 0 Å². The van der Waals surface area contributed by atoms with Crippen molar-refractivity contribution in [3.8, 4) is 5.75 Å². The van der Waals surface area contributed by atoms with Crippen molar-refractivity contribution in [1.82, 2.24) is 10.2 Å². The minimum Gasteiger partial charge on any atom is -0.492 e. The van der Waals surface area contributed by atoms with Crippen LogP contribution in [0, 0.1) is 0 Å². The van der Waals surface area contributed by atoms with Crippen LogP contribution in [-0.4, -0.2) is 44.7 Å². The second kappa shape index (κ2) is 8.13. The van der Waals surface area contributed by atoms with Gasteiger partial charge in [0.25, 0.3) is 0 Å². The summed E-state index contributed by atoms with van der Waals surface area (Å²) < 4.78 is 5.62. The van der Waals surface area contributed by atoms with Gasteiger partial charge in [-0.05, 0) is 25.7 Å². The van der Waals surface area contributed by atoms with Crippen LogP contribution < -0.4 is 10.1 Å². The summed E-state index contributed by atoms with van der Waals surface area (Å²) in [5.41, 5.74) is 0. The molecular weight excluding hydrogens is 200 g/mol. The number of para-hydroxylation sites is 1. The fourth-order valence-electron chi connectivity index (χ4n) is 1.39. The fraction of sp³-hybridized carbons (Fsp3) is 0.538. The minimum absolute atomic E-state index is 0.743. The van der Waals surface area contributed by atoms with E-state index in [1.165, 1.54) is 0 Å². The molecule has 0 unspecified atom stereocenters. The smallest absolute Gasteiger partial charge is 0.119 e. The number of ether oxygens (including phenoxy) is 1. The van der Waals surface area contributed by atoms with Crippen molar-refractivity contribution < 1.29 is 4.74 Å². The zero-order chi connectivity index (χ0) is 11.6. The van der Waals surface area contributed by atoms with E-state index in [-0.39, 0.29) is 0 Å². The molecule has 0 aromatic heterocycles. The van der Waals surface area contributed by atoms with Gasteiger partial charge in [-0.1, -0.05) is 25.1 Å². The predicted octanol–water partition coefficient (Wildman–Crippen LogP) is 1.61. The van der Waals surface area contributed by atoms with Gasteiger partial charge in [-0.15, -0.1) is 0 Å². The molecule has 0 heterocycles. The molecule has 0 aliphatic carbocycles. The Balaban J connectivity index is 2.06. The molecule has 1 aromatic carbocycles. The second-order valence-corrected chi connectivity index (χ2v) is 3.82. The van der Waals surface area contributed by atoms with Crippen molar-refractivity contribution in [2.75, 3.05) is 39.8 Å². The lowest BCUT2D eigenvalue weighted by atomic mass is 10.3. The molecule has 0 radical (unpaired) electrons. The molecule has 0 saturated heterocycles. The van der Waals surface area contributed by atoms with Crippen LogP contribution in [0.15, 0.2) is 30.3 Å². The first-order valence-corrected chi connectivity index (χ1v) is 5.90. The predicted molar refractivity (Wildman–Crippen MR) is 68.0 cm³/mol. The number of rotatable bonds is 8. The highest BCUT2D eigenvalue weighted by molar-refractivity contribution is 5.20. The Morgan fingerprint density at radius 1 is 1.19 bits per heavy atom. The van der Waals surface area contributed by atoms with Crippen LogP contribution in [0.25, 0.3) is 0 Å². The molecule has 3 heteroatoms. The number of likely N-dealkylation sites (N-methyl/N-ethyl adjacent to an activating group) is 2. The Morgan fingerprint density at radius 3 is 2.62 bits per heavy atom. The highest BCUT2D eigenvalue weighted by Gasteiger charge is 1.98. The molecule has 1 N–H and O–H groups in total. The quantitative estimate of drug-likeness (QED) is 0.676. The summed E-state index contributed by atoms with van der Waals surface area (Å²) in [6.45, 7) is 6.96. The van der Waals surface area contributed by atoms with Crippen molar-refractivity contribution in [2.45, 2.75) is 6.92 Å². The van der Waals surface area contributed by atoms with Gasteiger partial charge in [-0.25, -0.2) is 0 Å². The number of benzene rings is 1. The molecule has 16 heavy (non-hydrogen) atoms. The molecule has 0 atom stereocenters. The first-order valence-electron chi connectivity index (χ1n) is 5.90. The summed E-state index contributed by atoms with van der Waals surface area (Å²) in [7, 11) is 2.12. The summed E-state index contributed by atoms with van der Waals surface area (Å²) in [6, 6.07) is 9.95. The molecule has 1 aromatic rings. The molecule has 0 amide bonds. The Hall–Kier alpha value is -1.06. The lowest BCUT2D eigenvalue weighted by Gasteiger charge is -2.16. The molecule has 1 rings (SSSR count). The summed E-state index contributed by atoms with van der Waals surface area (Å²) in [4.78, 5) is 2.27. The van der Waals surface area contributed by atoms with Crippen LogP contribution in [0.2, 0.25) is 0 Å². The SMILES string of the molecule is CCNCCN(C)CCOc1ccccc1. The summed E-state index contributed by atoms with van der Waals surface area (Å²) in [5, 5.41) is 3.30. The largest absolute Gasteiger partial charge is 0.492 e. The zero-order valence-electron chi connectivity index (χ0n) is 10.3. The molecule has 0 fully saturated rings. The molecule has 0 bridgehead atoms. The second-order valence-electron chi connectivity index (χ2n) is 3.82. The standard InChI is InChI=1S/C13H22N2O/c1-3-14-9-10-15(2)11-12-16-13-7-5-4-6-8-13/h4-8,14H,3,9-12H2,1-2H3. The number of hydrogen-bond acceptors (Lipinski definition) is 3. The summed E-state index contributed by atoms with van der Waals surface area (Å²) >= 11 is 0. The minimum atomic E-state index is 0.743. The van der Waals surface area contributed by atoms with E-state index in [1.807, 2.05) is 30.3 Å². The van der Waals surface area contributed by atoms with Gasteiger partial charge in [0.05, 0.1) is 0 Å². The maximum absolute atomic E-state index is 5.62. The van der Waals surface area contributed by atoms with Crippen LogP contribution in [0.4, 0.5) is 0 Å². The van der Waals surface area contributed by atoms with Crippen molar-refractivity contribution in [2.24, 2.45) is 0 Å². The van der Waals surface area contributed by atoms with Crippen molar-refractivity contribution in [3.05, 3.63) is 30.3 Å². The van der Waals surface area contributed by atoms with Crippen LogP contribution in [-0.2, 0) is 0 Å². The van der Waals surface area contributed by atoms with Crippen LogP contribution in [0.3, 0.4) is 0 Å². The normalized spacial score (nSPS) is 10.7. The van der Waals surface area contributed by atoms with Crippen LogP contribution in [0.1, 0.15) is 6.92 Å². The molecule has 0 saturated carbocycles. The third-order valence-corrected chi connectivity index (χ3v) is 2.41. The average Bonchev–Trinajstić information content (AvgIpc) is 2.31. The summed E-state index contributed by atoms with van der Waals surface area (Å²) in [6.07, 6.45) is 0. The fourth-order valence-corrected chi connectivity index (χ4v) is 1.39. The van der Waals surface area contributed by atoms with E-state index < -0.39 is 0 Å². The van der Waals surface area contributed by atoms with Crippen molar-refractivity contribution in [3.63, 3.8) is 0 Å². The Labute approximate surface area is 98.4 Å². The van der Waals surface area contributed by atoms with Gasteiger partial charge in [-0.2, -0.15) is 0 Å². The number of nitrogens with one attached hydrogen (secondary N) is 1. The van der Waals surface area contributed by atoms with Gasteiger partial charge in [0.1, 0.15) is 12.4 Å². The lowest BCUT2D eigenvalue weighted by molar-refractivity contribution is 0.238. The maximum Gasteiger partial charge on any atom is 0.119 e. The van der Waals surface area contributed by atoms with E-state index in [1.54, 1.807) is 0 Å². The Morgan fingerprint density at radius 2 is 1.94 bits per heavy atom. The molecular formula is C13H22N2O. The highest BCUT2D eigenvalue weighted by Crippen LogP contribution is 2.07. The van der Waals surface area contributed by atoms with Crippen LogP contribution in [0.5, 0.6) is 5.75 Å². The number of hydrogen-bond donors (Lipinski definition) is 1. The molecule has 0 aliphatic heterocycles. The van der Waals surface area contributed by atoms with E-state index >= 15 is 0 Å². The first kappa shape index (κ1) is 13.0. The van der Waals surface area contributed by atoms with E-state index in [0.29, 0.717) is 0 Å². The average molecular weight is 222 g/mol. The van der Waals surface area contributed by atoms with Gasteiger partial charge in [0, 0.05) is 19.6 Å². The topological polar surface area (TPSA) is 24.5 Å². The molecule has 0 aliphatic rings. The maximum atomic E-state index is 5.62. The van der Waals surface area contributed by atoms with E-state index in [0.717, 1.165) is 38.5 Å². The van der Waals surface area contributed by atoms with E-state index in [9.17, 15) is 0 Å². The number of nitrogens with zero attached hydrogens (tertiary/aromatic N) is 1. The Kier molecular flexibility index (Phi) is 6.61. The monoisotopic (exact) mass is 222 g/mol. The first-order chi connectivity index (χ1) is 7.83.